The van der Waals surface area contributed by atoms with Crippen LogP contribution in [0.15, 0.2) is 34.5 Å². The van der Waals surface area contributed by atoms with E-state index in [4.69, 9.17) is 28.4 Å². The van der Waals surface area contributed by atoms with Crippen molar-refractivity contribution in [2.45, 2.75) is 32.1 Å². The highest BCUT2D eigenvalue weighted by molar-refractivity contribution is 5.88. The Balaban J connectivity index is 1.73. The van der Waals surface area contributed by atoms with Gasteiger partial charge in [-0.1, -0.05) is 6.42 Å². The first-order valence-electron chi connectivity index (χ1n) is 12.2. The quantitative estimate of drug-likeness (QED) is 0.187. The van der Waals surface area contributed by atoms with Crippen molar-refractivity contribution in [3.63, 3.8) is 0 Å². The average Bonchev–Trinajstić information content (AvgIpc) is 2.95. The Kier molecular flexibility index (Phi) is 12.9. The number of hydrogen-bond donors (Lipinski definition) is 2. The minimum absolute atomic E-state index is 0.233. The molecule has 0 aliphatic rings. The molecule has 0 atom stereocenters. The molecule has 0 spiro atoms. The molecule has 2 N–H and O–H groups in total. The molecule has 0 unspecified atom stereocenters. The Morgan fingerprint density at radius 1 is 0.590 bits per heavy atom. The van der Waals surface area contributed by atoms with Crippen LogP contribution in [0, 0.1) is 0 Å². The van der Waals surface area contributed by atoms with Crippen LogP contribution in [0.3, 0.4) is 0 Å². The van der Waals surface area contributed by atoms with Gasteiger partial charge in [-0.05, 0) is 37.1 Å². The zero-order valence-corrected chi connectivity index (χ0v) is 23.2. The summed E-state index contributed by atoms with van der Waals surface area (Å²) in [6.07, 6.45) is 5.42. The van der Waals surface area contributed by atoms with E-state index in [9.17, 15) is 9.59 Å². The fraction of sp³-hybridized carbons (Fsp3) is 0.407. The molecule has 12 nitrogen and oxygen atoms in total. The molecule has 0 aromatic heterocycles. The predicted molar refractivity (Wildman–Crippen MR) is 147 cm³/mol. The van der Waals surface area contributed by atoms with E-state index in [-0.39, 0.29) is 24.7 Å². The molecular formula is C27H36N4O8. The van der Waals surface area contributed by atoms with Gasteiger partial charge in [-0.15, -0.1) is 0 Å². The summed E-state index contributed by atoms with van der Waals surface area (Å²) in [5.41, 5.74) is 6.23. The fourth-order valence-corrected chi connectivity index (χ4v) is 3.66. The normalized spacial score (nSPS) is 10.8. The molecule has 212 valence electrons. The molecule has 0 radical (unpaired) electrons. The molecule has 0 aliphatic heterocycles. The number of carbonyl (C=O) groups excluding carboxylic acids is 2. The van der Waals surface area contributed by atoms with E-state index in [2.05, 4.69) is 21.1 Å². The average molecular weight is 545 g/mol. The Bertz CT molecular complexity index is 1080. The van der Waals surface area contributed by atoms with Crippen LogP contribution >= 0.6 is 0 Å². The van der Waals surface area contributed by atoms with Gasteiger partial charge in [-0.25, -0.2) is 10.9 Å². The first-order chi connectivity index (χ1) is 18.9. The highest BCUT2D eigenvalue weighted by atomic mass is 16.5. The van der Waals surface area contributed by atoms with E-state index < -0.39 is 0 Å². The van der Waals surface area contributed by atoms with Crippen LogP contribution in [0.25, 0.3) is 0 Å². The van der Waals surface area contributed by atoms with E-state index in [1.54, 1.807) is 24.3 Å². The van der Waals surface area contributed by atoms with Gasteiger partial charge in [-0.2, -0.15) is 10.2 Å². The number of nitrogens with zero attached hydrogens (tertiary/aromatic N) is 2. The second kappa shape index (κ2) is 16.4. The third-order valence-corrected chi connectivity index (χ3v) is 5.56. The number of unbranched alkanes of at least 4 members (excludes halogenated alkanes) is 2. The van der Waals surface area contributed by atoms with E-state index in [0.717, 1.165) is 0 Å². The molecular weight excluding hydrogens is 508 g/mol. The number of rotatable bonds is 16. The van der Waals surface area contributed by atoms with Gasteiger partial charge in [0.15, 0.2) is 23.0 Å². The van der Waals surface area contributed by atoms with Gasteiger partial charge in [-0.3, -0.25) is 9.59 Å². The molecule has 0 bridgehead atoms. The first-order valence-corrected chi connectivity index (χ1v) is 12.2. The Morgan fingerprint density at radius 3 is 1.31 bits per heavy atom. The summed E-state index contributed by atoms with van der Waals surface area (Å²) >= 11 is 0. The zero-order chi connectivity index (χ0) is 28.6. The number of ether oxygens (including phenoxy) is 6. The van der Waals surface area contributed by atoms with Gasteiger partial charge in [0.25, 0.3) is 0 Å². The molecule has 0 saturated carbocycles. The van der Waals surface area contributed by atoms with Crippen LogP contribution in [0.1, 0.15) is 43.2 Å². The summed E-state index contributed by atoms with van der Waals surface area (Å²) < 4.78 is 32.0. The van der Waals surface area contributed by atoms with Crippen molar-refractivity contribution in [3.8, 4) is 34.5 Å². The van der Waals surface area contributed by atoms with Crippen LogP contribution in [-0.4, -0.2) is 66.9 Å². The maximum atomic E-state index is 12.1. The lowest BCUT2D eigenvalue weighted by Crippen LogP contribution is -2.18. The van der Waals surface area contributed by atoms with Gasteiger partial charge >= 0.3 is 0 Å². The number of hydrazone groups is 2. The van der Waals surface area contributed by atoms with Crippen molar-refractivity contribution >= 4 is 24.2 Å². The smallest absolute Gasteiger partial charge is 0.240 e. The van der Waals surface area contributed by atoms with Gasteiger partial charge in [0.1, 0.15) is 0 Å². The minimum atomic E-state index is -0.233. The molecule has 0 aliphatic carbocycles. The van der Waals surface area contributed by atoms with E-state index >= 15 is 0 Å². The SMILES string of the molecule is COc1ccc(C=NNC(=O)CCCCCC(=O)NN=Cc2ccc(OC)c(OC)c2OC)c(OC)c1OC. The highest BCUT2D eigenvalue weighted by Gasteiger charge is 2.15. The van der Waals surface area contributed by atoms with Crippen LogP contribution in [0.2, 0.25) is 0 Å². The molecule has 12 heteroatoms. The lowest BCUT2D eigenvalue weighted by atomic mass is 10.1. The molecule has 0 fully saturated rings. The lowest BCUT2D eigenvalue weighted by molar-refractivity contribution is -0.121. The van der Waals surface area contributed by atoms with Gasteiger partial charge in [0.05, 0.1) is 55.1 Å². The number of hydrogen-bond acceptors (Lipinski definition) is 10. The third-order valence-electron chi connectivity index (χ3n) is 5.56. The summed E-state index contributed by atoms with van der Waals surface area (Å²) in [6.45, 7) is 0. The third kappa shape index (κ3) is 8.80. The largest absolute Gasteiger partial charge is 0.493 e. The maximum Gasteiger partial charge on any atom is 0.240 e. The number of benzene rings is 2. The lowest BCUT2D eigenvalue weighted by Gasteiger charge is -2.13. The van der Waals surface area contributed by atoms with Gasteiger partial charge < -0.3 is 28.4 Å². The number of carbonyl (C=O) groups is 2. The van der Waals surface area contributed by atoms with Crippen molar-refractivity contribution in [1.82, 2.24) is 10.9 Å². The molecule has 2 aromatic rings. The summed E-state index contributed by atoms with van der Waals surface area (Å²) in [7, 11) is 9.11. The Labute approximate surface area is 228 Å². The number of methoxy groups -OCH3 is 6. The van der Waals surface area contributed by atoms with E-state index in [0.29, 0.717) is 64.9 Å². The van der Waals surface area contributed by atoms with Crippen LogP contribution < -0.4 is 39.3 Å². The second-order valence-electron chi connectivity index (χ2n) is 7.99. The molecule has 2 aromatic carbocycles. The van der Waals surface area contributed by atoms with Crippen LogP contribution in [-0.2, 0) is 9.59 Å². The van der Waals surface area contributed by atoms with E-state index in [1.165, 1.54) is 55.1 Å². The zero-order valence-electron chi connectivity index (χ0n) is 23.2. The first kappa shape index (κ1) is 30.7. The number of amides is 2. The monoisotopic (exact) mass is 544 g/mol. The number of nitrogens with one attached hydrogen (secondary N) is 2. The molecule has 2 rings (SSSR count). The standard InChI is InChI=1S/C27H36N4O8/c1-34-20-14-12-18(24(36-3)26(20)38-5)16-28-30-22(32)10-8-7-9-11-23(33)31-29-17-19-13-15-21(35-2)27(39-6)25(19)37-4/h12-17H,7-11H2,1-6H3,(H,30,32)(H,31,33). The molecule has 0 saturated heterocycles. The predicted octanol–water partition coefficient (Wildman–Crippen LogP) is 3.29. The Morgan fingerprint density at radius 2 is 0.974 bits per heavy atom. The van der Waals surface area contributed by atoms with Crippen molar-refractivity contribution in [1.29, 1.82) is 0 Å². The fourth-order valence-electron chi connectivity index (χ4n) is 3.66. The molecule has 39 heavy (non-hydrogen) atoms. The van der Waals surface area contributed by atoms with Crippen molar-refractivity contribution < 1.29 is 38.0 Å². The topological polar surface area (TPSA) is 138 Å². The minimum Gasteiger partial charge on any atom is -0.493 e. The highest BCUT2D eigenvalue weighted by Crippen LogP contribution is 2.39. The second-order valence-corrected chi connectivity index (χ2v) is 7.99. The van der Waals surface area contributed by atoms with Gasteiger partial charge in [0.2, 0.25) is 23.3 Å². The van der Waals surface area contributed by atoms with E-state index in [1.807, 2.05) is 0 Å². The van der Waals surface area contributed by atoms with Crippen molar-refractivity contribution in [2.75, 3.05) is 42.7 Å². The summed E-state index contributed by atoms with van der Waals surface area (Å²) in [5, 5.41) is 7.99. The summed E-state index contributed by atoms with van der Waals surface area (Å²) in [5.74, 6) is 2.34. The van der Waals surface area contributed by atoms with Gasteiger partial charge in [0, 0.05) is 24.0 Å². The molecule has 2 amide bonds. The Hall–Kier alpha value is -4.48. The molecule has 0 heterocycles. The summed E-state index contributed by atoms with van der Waals surface area (Å²) in [4.78, 5) is 24.2. The van der Waals surface area contributed by atoms with Crippen molar-refractivity contribution in [2.24, 2.45) is 10.2 Å². The summed E-state index contributed by atoms with van der Waals surface area (Å²) in [6, 6.07) is 6.93. The van der Waals surface area contributed by atoms with Crippen molar-refractivity contribution in [3.05, 3.63) is 35.4 Å². The van der Waals surface area contributed by atoms with Crippen LogP contribution in [0.4, 0.5) is 0 Å². The maximum absolute atomic E-state index is 12.1. The van der Waals surface area contributed by atoms with Crippen LogP contribution in [0.5, 0.6) is 34.5 Å².